The van der Waals surface area contributed by atoms with Crippen molar-refractivity contribution in [2.75, 3.05) is 13.1 Å². The van der Waals surface area contributed by atoms with E-state index >= 15 is 0 Å². The lowest BCUT2D eigenvalue weighted by Crippen LogP contribution is -2.45. The normalized spacial score (nSPS) is 21.4. The van der Waals surface area contributed by atoms with Crippen LogP contribution in [0.15, 0.2) is 21.9 Å². The van der Waals surface area contributed by atoms with Gasteiger partial charge in [0.25, 0.3) is 5.91 Å². The van der Waals surface area contributed by atoms with Gasteiger partial charge in [0.05, 0.1) is 5.92 Å². The number of likely N-dealkylation sites (tertiary alicyclic amines) is 1. The summed E-state index contributed by atoms with van der Waals surface area (Å²) in [7, 11) is 0. The van der Waals surface area contributed by atoms with E-state index in [9.17, 15) is 14.7 Å². The number of amides is 1. The highest BCUT2D eigenvalue weighted by molar-refractivity contribution is 7.13. The van der Waals surface area contributed by atoms with Gasteiger partial charge >= 0.3 is 5.97 Å². The average Bonchev–Trinajstić information content (AvgIpc) is 3.14. The number of furan rings is 1. The van der Waals surface area contributed by atoms with Crippen LogP contribution in [-0.2, 0) is 4.79 Å². The zero-order chi connectivity index (χ0) is 16.6. The Hall–Kier alpha value is -2.15. The third-order valence-electron chi connectivity index (χ3n) is 3.97. The van der Waals surface area contributed by atoms with Crippen LogP contribution < -0.4 is 0 Å². The number of aliphatic carboxylic acids is 1. The lowest BCUT2D eigenvalue weighted by Gasteiger charge is -2.34. The molecule has 2 unspecified atom stereocenters. The summed E-state index contributed by atoms with van der Waals surface area (Å²) in [5, 5.41) is 11.6. The van der Waals surface area contributed by atoms with Crippen molar-refractivity contribution < 1.29 is 19.1 Å². The van der Waals surface area contributed by atoms with Gasteiger partial charge in [0.2, 0.25) is 0 Å². The minimum Gasteiger partial charge on any atom is -0.481 e. The Morgan fingerprint density at radius 2 is 2.17 bits per heavy atom. The second-order valence-electron chi connectivity index (χ2n) is 6.03. The molecule has 0 aliphatic carbocycles. The van der Waals surface area contributed by atoms with E-state index in [0.717, 1.165) is 5.76 Å². The summed E-state index contributed by atoms with van der Waals surface area (Å²) in [6.07, 6.45) is 0.604. The number of carbonyl (C=O) groups is 2. The van der Waals surface area contributed by atoms with E-state index in [-0.39, 0.29) is 18.4 Å². The van der Waals surface area contributed by atoms with Crippen LogP contribution in [0.2, 0.25) is 0 Å². The maximum Gasteiger partial charge on any atom is 0.308 e. The predicted molar refractivity (Wildman–Crippen MR) is 85.4 cm³/mol. The van der Waals surface area contributed by atoms with Gasteiger partial charge in [0.1, 0.15) is 11.5 Å². The molecule has 0 aromatic carbocycles. The van der Waals surface area contributed by atoms with Crippen LogP contribution in [0.4, 0.5) is 0 Å². The standard InChI is InChI=1S/C16H18N2O4S/c1-9-5-11(16(20)21)7-18(6-9)15(19)12-8-23-14(17-12)13-4-3-10(2)22-13/h3-4,8-9,11H,5-7H2,1-2H3,(H,20,21). The molecular weight excluding hydrogens is 316 g/mol. The van der Waals surface area contributed by atoms with Crippen LogP contribution in [0.25, 0.3) is 10.8 Å². The van der Waals surface area contributed by atoms with E-state index in [1.54, 1.807) is 10.3 Å². The predicted octanol–water partition coefficient (Wildman–Crippen LogP) is 2.89. The van der Waals surface area contributed by atoms with Gasteiger partial charge in [-0.25, -0.2) is 4.98 Å². The van der Waals surface area contributed by atoms with Gasteiger partial charge < -0.3 is 14.4 Å². The van der Waals surface area contributed by atoms with E-state index < -0.39 is 11.9 Å². The van der Waals surface area contributed by atoms with Crippen molar-refractivity contribution >= 4 is 23.2 Å². The highest BCUT2D eigenvalue weighted by Crippen LogP contribution is 2.28. The highest BCUT2D eigenvalue weighted by Gasteiger charge is 2.33. The fourth-order valence-electron chi connectivity index (χ4n) is 2.89. The minimum atomic E-state index is -0.848. The first-order chi connectivity index (χ1) is 10.9. The zero-order valence-electron chi connectivity index (χ0n) is 13.0. The molecule has 1 aliphatic rings. The van der Waals surface area contributed by atoms with Crippen molar-refractivity contribution in [3.05, 3.63) is 29.0 Å². The Bertz CT molecular complexity index is 736. The minimum absolute atomic E-state index is 0.166. The van der Waals surface area contributed by atoms with Crippen LogP contribution in [0, 0.1) is 18.8 Å². The third kappa shape index (κ3) is 3.29. The number of aryl methyl sites for hydroxylation is 1. The van der Waals surface area contributed by atoms with Gasteiger partial charge in [-0.15, -0.1) is 11.3 Å². The maximum absolute atomic E-state index is 12.6. The van der Waals surface area contributed by atoms with Gasteiger partial charge in [-0.1, -0.05) is 6.92 Å². The zero-order valence-corrected chi connectivity index (χ0v) is 13.8. The van der Waals surface area contributed by atoms with Crippen LogP contribution in [0.5, 0.6) is 0 Å². The smallest absolute Gasteiger partial charge is 0.308 e. The molecule has 1 saturated heterocycles. The number of aromatic nitrogens is 1. The van der Waals surface area contributed by atoms with Gasteiger partial charge in [0.15, 0.2) is 10.8 Å². The second kappa shape index (κ2) is 6.16. The molecule has 2 atom stereocenters. The first-order valence-corrected chi connectivity index (χ1v) is 8.36. The first-order valence-electron chi connectivity index (χ1n) is 7.48. The molecule has 23 heavy (non-hydrogen) atoms. The fourth-order valence-corrected chi connectivity index (χ4v) is 3.65. The molecule has 1 N–H and O–H groups in total. The Kier molecular flexibility index (Phi) is 4.21. The van der Waals surface area contributed by atoms with Crippen molar-refractivity contribution in [2.24, 2.45) is 11.8 Å². The topological polar surface area (TPSA) is 83.6 Å². The molecule has 7 heteroatoms. The van der Waals surface area contributed by atoms with Crippen molar-refractivity contribution in [3.63, 3.8) is 0 Å². The van der Waals surface area contributed by atoms with Crippen LogP contribution in [0.3, 0.4) is 0 Å². The molecule has 0 bridgehead atoms. The van der Waals surface area contributed by atoms with E-state index in [1.165, 1.54) is 11.3 Å². The molecule has 3 rings (SSSR count). The molecule has 122 valence electrons. The Morgan fingerprint density at radius 3 is 2.83 bits per heavy atom. The summed E-state index contributed by atoms with van der Waals surface area (Å²) in [6.45, 7) is 4.62. The molecular formula is C16H18N2O4S. The molecule has 0 saturated carbocycles. The summed E-state index contributed by atoms with van der Waals surface area (Å²) in [6, 6.07) is 3.67. The number of hydrogen-bond acceptors (Lipinski definition) is 5. The van der Waals surface area contributed by atoms with Crippen LogP contribution in [-0.4, -0.2) is 40.0 Å². The molecule has 2 aromatic heterocycles. The van der Waals surface area contributed by atoms with Gasteiger partial charge in [-0.3, -0.25) is 9.59 Å². The van der Waals surface area contributed by atoms with E-state index in [0.29, 0.717) is 29.4 Å². The summed E-state index contributed by atoms with van der Waals surface area (Å²) >= 11 is 1.35. The number of piperidine rings is 1. The lowest BCUT2D eigenvalue weighted by atomic mass is 9.90. The number of carbonyl (C=O) groups excluding carboxylic acids is 1. The monoisotopic (exact) mass is 334 g/mol. The fraction of sp³-hybridized carbons (Fsp3) is 0.438. The summed E-state index contributed by atoms with van der Waals surface area (Å²) in [4.78, 5) is 29.8. The molecule has 1 amide bonds. The number of nitrogens with zero attached hydrogens (tertiary/aromatic N) is 2. The molecule has 3 heterocycles. The number of carboxylic acid groups (broad SMARTS) is 1. The van der Waals surface area contributed by atoms with Gasteiger partial charge in [-0.2, -0.15) is 0 Å². The molecule has 6 nitrogen and oxygen atoms in total. The molecule has 1 fully saturated rings. The summed E-state index contributed by atoms with van der Waals surface area (Å²) < 4.78 is 5.52. The van der Waals surface area contributed by atoms with Crippen LogP contribution >= 0.6 is 11.3 Å². The number of rotatable bonds is 3. The molecule has 0 spiro atoms. The van der Waals surface area contributed by atoms with Crippen molar-refractivity contribution in [1.29, 1.82) is 0 Å². The van der Waals surface area contributed by atoms with E-state index in [4.69, 9.17) is 4.42 Å². The lowest BCUT2D eigenvalue weighted by molar-refractivity contribution is -0.143. The largest absolute Gasteiger partial charge is 0.481 e. The highest BCUT2D eigenvalue weighted by atomic mass is 32.1. The molecule has 0 radical (unpaired) electrons. The summed E-state index contributed by atoms with van der Waals surface area (Å²) in [5.41, 5.74) is 0.345. The van der Waals surface area contributed by atoms with Gasteiger partial charge in [0, 0.05) is 18.5 Å². The van der Waals surface area contributed by atoms with Crippen LogP contribution in [0.1, 0.15) is 29.6 Å². The number of carboxylic acids is 1. The SMILES string of the molecule is Cc1ccc(-c2nc(C(=O)N3CC(C)CC(C(=O)O)C3)cs2)o1. The van der Waals surface area contributed by atoms with Crippen molar-refractivity contribution in [1.82, 2.24) is 9.88 Å². The maximum atomic E-state index is 12.6. The Balaban J connectivity index is 1.77. The second-order valence-corrected chi connectivity index (χ2v) is 6.89. The summed E-state index contributed by atoms with van der Waals surface area (Å²) in [5.74, 6) is 0.0281. The van der Waals surface area contributed by atoms with E-state index in [2.05, 4.69) is 4.98 Å². The molecule has 2 aromatic rings. The number of hydrogen-bond donors (Lipinski definition) is 1. The Morgan fingerprint density at radius 1 is 1.39 bits per heavy atom. The van der Waals surface area contributed by atoms with Gasteiger partial charge in [-0.05, 0) is 31.4 Å². The van der Waals surface area contributed by atoms with E-state index in [1.807, 2.05) is 26.0 Å². The van der Waals surface area contributed by atoms with Crippen molar-refractivity contribution in [2.45, 2.75) is 20.3 Å². The first kappa shape index (κ1) is 15.7. The quantitative estimate of drug-likeness (QED) is 0.933. The Labute approximate surface area is 137 Å². The third-order valence-corrected chi connectivity index (χ3v) is 4.83. The number of thiazole rings is 1. The van der Waals surface area contributed by atoms with Crippen molar-refractivity contribution in [3.8, 4) is 10.8 Å². The average molecular weight is 334 g/mol. The molecule has 1 aliphatic heterocycles.